The van der Waals surface area contributed by atoms with Gasteiger partial charge >= 0.3 is 12.1 Å². The predicted octanol–water partition coefficient (Wildman–Crippen LogP) is 2.83. The van der Waals surface area contributed by atoms with Gasteiger partial charge in [0.15, 0.2) is 6.61 Å². The molecule has 1 aliphatic carbocycles. The van der Waals surface area contributed by atoms with E-state index >= 15 is 0 Å². The molecule has 0 fully saturated rings. The van der Waals surface area contributed by atoms with Crippen molar-refractivity contribution in [2.75, 3.05) is 13.2 Å². The zero-order valence-electron chi connectivity index (χ0n) is 16.8. The van der Waals surface area contributed by atoms with Gasteiger partial charge in [-0.05, 0) is 36.1 Å². The number of benzene rings is 2. The molecule has 0 unspecified atom stereocenters. The van der Waals surface area contributed by atoms with Gasteiger partial charge in [-0.15, -0.1) is 0 Å². The summed E-state index contributed by atoms with van der Waals surface area (Å²) in [6, 6.07) is 16.1. The zero-order chi connectivity index (χ0) is 21.7. The number of carboxylic acids is 1. The first-order valence-corrected chi connectivity index (χ1v) is 9.52. The monoisotopic (exact) mass is 412 g/mol. The summed E-state index contributed by atoms with van der Waals surface area (Å²) in [5, 5.41) is 11.2. The van der Waals surface area contributed by atoms with E-state index in [4.69, 9.17) is 9.84 Å². The van der Waals surface area contributed by atoms with Gasteiger partial charge in [-0.1, -0.05) is 48.5 Å². The van der Waals surface area contributed by atoms with Crippen molar-refractivity contribution in [2.24, 2.45) is 0 Å². The van der Waals surface area contributed by atoms with E-state index in [-0.39, 0.29) is 18.9 Å². The number of nitrogens with one attached hydrogen (secondary N) is 2. The van der Waals surface area contributed by atoms with Crippen molar-refractivity contribution in [1.29, 1.82) is 0 Å². The fourth-order valence-corrected chi connectivity index (χ4v) is 3.57. The molecule has 0 aliphatic heterocycles. The Kier molecular flexibility index (Phi) is 6.37. The van der Waals surface area contributed by atoms with Crippen molar-refractivity contribution in [3.05, 3.63) is 59.7 Å². The number of carboxylic acid groups (broad SMARTS) is 1. The molecule has 1 aliphatic rings. The SMILES string of the molecule is CC(C)(CC(=O)NOCC(=O)O)NC(=O)OCC1c2ccccc2-c2ccccc21. The second-order valence-corrected chi connectivity index (χ2v) is 7.72. The minimum Gasteiger partial charge on any atom is -0.479 e. The summed E-state index contributed by atoms with van der Waals surface area (Å²) in [5.74, 6) is -1.81. The van der Waals surface area contributed by atoms with E-state index in [2.05, 4.69) is 22.3 Å². The lowest BCUT2D eigenvalue weighted by Gasteiger charge is -2.25. The van der Waals surface area contributed by atoms with E-state index < -0.39 is 30.1 Å². The lowest BCUT2D eigenvalue weighted by atomic mass is 9.98. The fraction of sp³-hybridized carbons (Fsp3) is 0.318. The Morgan fingerprint density at radius 2 is 1.57 bits per heavy atom. The average molecular weight is 412 g/mol. The molecule has 158 valence electrons. The van der Waals surface area contributed by atoms with Crippen molar-refractivity contribution >= 4 is 18.0 Å². The van der Waals surface area contributed by atoms with E-state index in [0.717, 1.165) is 22.3 Å². The number of carbonyl (C=O) groups is 3. The van der Waals surface area contributed by atoms with E-state index in [0.29, 0.717) is 0 Å². The summed E-state index contributed by atoms with van der Waals surface area (Å²) >= 11 is 0. The first kappa shape index (κ1) is 21.3. The summed E-state index contributed by atoms with van der Waals surface area (Å²) in [4.78, 5) is 39.1. The van der Waals surface area contributed by atoms with Crippen LogP contribution < -0.4 is 10.8 Å². The molecule has 0 bridgehead atoms. The van der Waals surface area contributed by atoms with Crippen LogP contribution in [0.2, 0.25) is 0 Å². The molecule has 0 aromatic heterocycles. The van der Waals surface area contributed by atoms with Crippen LogP contribution in [0.15, 0.2) is 48.5 Å². The molecule has 2 amide bonds. The van der Waals surface area contributed by atoms with Gasteiger partial charge in [0, 0.05) is 11.5 Å². The minimum atomic E-state index is -1.20. The zero-order valence-corrected chi connectivity index (χ0v) is 16.8. The molecule has 3 rings (SSSR count). The molecule has 0 saturated heterocycles. The van der Waals surface area contributed by atoms with Crippen LogP contribution in [0.4, 0.5) is 4.79 Å². The number of hydrogen-bond donors (Lipinski definition) is 3. The van der Waals surface area contributed by atoms with Crippen LogP contribution in [0.1, 0.15) is 37.3 Å². The molecule has 2 aromatic rings. The van der Waals surface area contributed by atoms with Gasteiger partial charge in [-0.25, -0.2) is 15.1 Å². The predicted molar refractivity (Wildman–Crippen MR) is 109 cm³/mol. The maximum absolute atomic E-state index is 12.4. The van der Waals surface area contributed by atoms with Gasteiger partial charge in [-0.2, -0.15) is 0 Å². The van der Waals surface area contributed by atoms with Crippen LogP contribution in [-0.4, -0.2) is 41.8 Å². The van der Waals surface area contributed by atoms with Gasteiger partial charge < -0.3 is 15.2 Å². The van der Waals surface area contributed by atoms with E-state index in [1.165, 1.54) is 0 Å². The van der Waals surface area contributed by atoms with E-state index in [1.807, 2.05) is 41.9 Å². The number of aliphatic carboxylic acids is 1. The normalized spacial score (nSPS) is 12.6. The molecular weight excluding hydrogens is 388 g/mol. The van der Waals surface area contributed by atoms with Crippen molar-refractivity contribution in [3.63, 3.8) is 0 Å². The molecule has 2 aromatic carbocycles. The molecule has 30 heavy (non-hydrogen) atoms. The smallest absolute Gasteiger partial charge is 0.407 e. The van der Waals surface area contributed by atoms with Crippen molar-refractivity contribution < 1.29 is 29.1 Å². The van der Waals surface area contributed by atoms with Crippen LogP contribution >= 0.6 is 0 Å². The Morgan fingerprint density at radius 3 is 2.13 bits per heavy atom. The fourth-order valence-electron chi connectivity index (χ4n) is 3.57. The minimum absolute atomic E-state index is 0.0565. The van der Waals surface area contributed by atoms with Gasteiger partial charge in [0.25, 0.3) is 0 Å². The summed E-state index contributed by atoms with van der Waals surface area (Å²) in [5.41, 5.74) is 5.61. The van der Waals surface area contributed by atoms with Crippen molar-refractivity contribution in [1.82, 2.24) is 10.8 Å². The molecule has 8 heteroatoms. The highest BCUT2D eigenvalue weighted by molar-refractivity contribution is 5.79. The van der Waals surface area contributed by atoms with Gasteiger partial charge in [0.2, 0.25) is 5.91 Å². The third-order valence-electron chi connectivity index (χ3n) is 4.77. The largest absolute Gasteiger partial charge is 0.479 e. The maximum atomic E-state index is 12.4. The highest BCUT2D eigenvalue weighted by atomic mass is 16.7. The Labute approximate surface area is 174 Å². The van der Waals surface area contributed by atoms with Gasteiger partial charge in [0.1, 0.15) is 6.61 Å². The molecule has 0 spiro atoms. The summed E-state index contributed by atoms with van der Waals surface area (Å²) < 4.78 is 5.48. The highest BCUT2D eigenvalue weighted by Crippen LogP contribution is 2.44. The first-order valence-electron chi connectivity index (χ1n) is 9.52. The van der Waals surface area contributed by atoms with Crippen molar-refractivity contribution in [3.8, 4) is 11.1 Å². The van der Waals surface area contributed by atoms with E-state index in [9.17, 15) is 14.4 Å². The number of fused-ring (bicyclic) bond motifs is 3. The molecule has 3 N–H and O–H groups in total. The van der Waals surface area contributed by atoms with Crippen LogP contribution in [-0.2, 0) is 19.2 Å². The van der Waals surface area contributed by atoms with E-state index in [1.54, 1.807) is 13.8 Å². The average Bonchev–Trinajstić information content (AvgIpc) is 2.99. The number of amides is 2. The summed E-state index contributed by atoms with van der Waals surface area (Å²) in [6.07, 6.45) is -0.752. The third-order valence-corrected chi connectivity index (χ3v) is 4.77. The molecule has 0 heterocycles. The Hall–Kier alpha value is -3.39. The maximum Gasteiger partial charge on any atom is 0.407 e. The van der Waals surface area contributed by atoms with Crippen LogP contribution in [0.25, 0.3) is 11.1 Å². The van der Waals surface area contributed by atoms with Crippen LogP contribution in [0.5, 0.6) is 0 Å². The van der Waals surface area contributed by atoms with Crippen LogP contribution in [0, 0.1) is 0 Å². The molecular formula is C22H24N2O6. The number of carbonyl (C=O) groups excluding carboxylic acids is 2. The lowest BCUT2D eigenvalue weighted by molar-refractivity contribution is -0.149. The second kappa shape index (κ2) is 8.96. The number of alkyl carbamates (subject to hydrolysis) is 1. The summed E-state index contributed by atoms with van der Waals surface area (Å²) in [6.45, 7) is 2.84. The third kappa shape index (κ3) is 5.15. The lowest BCUT2D eigenvalue weighted by Crippen LogP contribution is -2.47. The number of ether oxygens (including phenoxy) is 1. The Balaban J connectivity index is 1.55. The Bertz CT molecular complexity index is 911. The van der Waals surface area contributed by atoms with Crippen LogP contribution in [0.3, 0.4) is 0 Å². The topological polar surface area (TPSA) is 114 Å². The van der Waals surface area contributed by atoms with Gasteiger partial charge in [0.05, 0.1) is 6.42 Å². The number of hydroxylamine groups is 1. The number of rotatable bonds is 8. The standard InChI is InChI=1S/C22H24N2O6/c1-22(2,11-19(25)24-30-13-20(26)27)23-21(28)29-12-18-16-9-5-3-7-14(16)15-8-4-6-10-17(15)18/h3-10,18H,11-13H2,1-2H3,(H,23,28)(H,24,25)(H,26,27). The molecule has 8 nitrogen and oxygen atoms in total. The van der Waals surface area contributed by atoms with Crippen molar-refractivity contribution in [2.45, 2.75) is 31.7 Å². The summed E-state index contributed by atoms with van der Waals surface area (Å²) in [7, 11) is 0. The Morgan fingerprint density at radius 1 is 1.00 bits per heavy atom. The quantitative estimate of drug-likeness (QED) is 0.575. The molecule has 0 atom stereocenters. The first-order chi connectivity index (χ1) is 14.3. The molecule has 0 radical (unpaired) electrons. The highest BCUT2D eigenvalue weighted by Gasteiger charge is 2.30. The second-order valence-electron chi connectivity index (χ2n) is 7.72. The van der Waals surface area contributed by atoms with Gasteiger partial charge in [-0.3, -0.25) is 9.63 Å². The molecule has 0 saturated carbocycles. The number of hydrogen-bond acceptors (Lipinski definition) is 5.